The van der Waals surface area contributed by atoms with Crippen LogP contribution in [0.25, 0.3) is 268 Å². The standard InChI is InChI=1S/3C42H26N4O/c1-4-12-27(13-5-1)28-20-22-31(23-21-28)41-44-40(30-16-8-3-9-17-30)45-42(46-41)34-25-24-33(29-14-6-2-7-15-29)39-37(34)38-36(47-39)26-32-18-10-11-19-35(32)43-38;1-4-11-27(12-5-1)28-18-20-31(21-19-28)41-44-40(30-15-8-3-9-16-30)45-42(46-41)34-23-22-33(29-13-6-2-7-14-29)39-38(34)35-26-36-32(17-10-24-43-36)25-37(35)47-39;1-4-10-27(11-5-1)28-16-18-31(19-17-28)41-44-40(30-14-8-3-9-15-30)45-42(46-41)35-21-20-34(29-12-6-2-7-13-29)39-38(35)36-24-33-26-43-23-22-32(33)25-37(36)47-39/h3*1-26H. The molecule has 0 saturated carbocycles. The van der Waals surface area contributed by atoms with Gasteiger partial charge in [0.2, 0.25) is 0 Å². The van der Waals surface area contributed by atoms with Gasteiger partial charge in [-0.25, -0.2) is 49.8 Å². The minimum Gasteiger partial charge on any atom is -0.455 e. The van der Waals surface area contributed by atoms with Crippen molar-refractivity contribution in [3.8, 4) is 169 Å². The highest BCUT2D eigenvalue weighted by Crippen LogP contribution is 2.48. The Kier molecular flexibility index (Phi) is 21.6. The average molecular weight is 1810 g/mol. The van der Waals surface area contributed by atoms with Gasteiger partial charge in [0.1, 0.15) is 33.4 Å². The molecule has 0 atom stereocenters. The second-order valence-electron chi connectivity index (χ2n) is 34.5. The Balaban J connectivity index is 0.000000111. The summed E-state index contributed by atoms with van der Waals surface area (Å²) >= 11 is 0. The van der Waals surface area contributed by atoms with Crippen molar-refractivity contribution >= 4 is 98.5 Å². The van der Waals surface area contributed by atoms with Gasteiger partial charge in [0.25, 0.3) is 0 Å². The minimum atomic E-state index is 0.559. The molecule has 0 saturated heterocycles. The van der Waals surface area contributed by atoms with Gasteiger partial charge >= 0.3 is 0 Å². The summed E-state index contributed by atoms with van der Waals surface area (Å²) in [4.78, 5) is 59.7. The van der Waals surface area contributed by atoms with Gasteiger partial charge in [-0.2, -0.15) is 0 Å². The maximum Gasteiger partial charge on any atom is 0.164 e. The van der Waals surface area contributed by atoms with E-state index in [0.29, 0.717) is 52.4 Å². The molecule has 141 heavy (non-hydrogen) atoms. The summed E-state index contributed by atoms with van der Waals surface area (Å²) in [6.07, 6.45) is 5.52. The lowest BCUT2D eigenvalue weighted by atomic mass is 9.97. The van der Waals surface area contributed by atoms with Gasteiger partial charge in [0.05, 0.1) is 16.4 Å². The largest absolute Gasteiger partial charge is 0.455 e. The van der Waals surface area contributed by atoms with Gasteiger partial charge in [-0.1, -0.05) is 370 Å². The van der Waals surface area contributed by atoms with Crippen molar-refractivity contribution in [1.29, 1.82) is 0 Å². The zero-order chi connectivity index (χ0) is 93.5. The summed E-state index contributed by atoms with van der Waals surface area (Å²) in [5.41, 5.74) is 28.4. The lowest BCUT2D eigenvalue weighted by Crippen LogP contribution is -2.00. The quantitative estimate of drug-likeness (QED) is 0.0940. The molecule has 27 rings (SSSR count). The predicted octanol–water partition coefficient (Wildman–Crippen LogP) is 32.0. The Morgan fingerprint density at radius 3 is 0.837 bits per heavy atom. The number of pyridine rings is 3. The van der Waals surface area contributed by atoms with Gasteiger partial charge in [-0.05, 0) is 140 Å². The number of fused-ring (bicyclic) bond motifs is 12. The molecule has 15 nitrogen and oxygen atoms in total. The summed E-state index contributed by atoms with van der Waals surface area (Å²) in [5, 5.41) is 8.90. The van der Waals surface area contributed by atoms with Gasteiger partial charge in [-0.15, -0.1) is 0 Å². The Morgan fingerprint density at radius 1 is 0.163 bits per heavy atom. The van der Waals surface area contributed by atoms with Crippen LogP contribution < -0.4 is 0 Å². The van der Waals surface area contributed by atoms with E-state index in [9.17, 15) is 0 Å². The van der Waals surface area contributed by atoms with Crippen LogP contribution in [0.5, 0.6) is 0 Å². The molecule has 15 heteroatoms. The van der Waals surface area contributed by atoms with Crippen LogP contribution in [-0.2, 0) is 0 Å². The maximum atomic E-state index is 6.70. The highest BCUT2D eigenvalue weighted by molar-refractivity contribution is 6.21. The number of para-hydroxylation sites is 1. The van der Waals surface area contributed by atoms with Crippen LogP contribution in [0.3, 0.4) is 0 Å². The van der Waals surface area contributed by atoms with E-state index in [2.05, 4.69) is 271 Å². The van der Waals surface area contributed by atoms with Gasteiger partial charge in [0.15, 0.2) is 58.0 Å². The number of aromatic nitrogens is 12. The normalized spacial score (nSPS) is 11.4. The summed E-state index contributed by atoms with van der Waals surface area (Å²) in [6.45, 7) is 0. The van der Waals surface area contributed by atoms with Crippen molar-refractivity contribution in [2.45, 2.75) is 0 Å². The van der Waals surface area contributed by atoms with Crippen molar-refractivity contribution in [3.05, 3.63) is 474 Å². The van der Waals surface area contributed by atoms with Crippen LogP contribution in [0.1, 0.15) is 0 Å². The third-order valence-corrected chi connectivity index (χ3v) is 25.7. The van der Waals surface area contributed by atoms with E-state index in [1.807, 2.05) is 213 Å². The second-order valence-corrected chi connectivity index (χ2v) is 34.5. The van der Waals surface area contributed by atoms with E-state index >= 15 is 0 Å². The number of benzene rings is 18. The van der Waals surface area contributed by atoms with Crippen LogP contribution in [0, 0.1) is 0 Å². The third-order valence-electron chi connectivity index (χ3n) is 25.7. The number of rotatable bonds is 15. The fourth-order valence-corrected chi connectivity index (χ4v) is 18.7. The first-order valence-corrected chi connectivity index (χ1v) is 46.7. The Hall–Kier alpha value is -19.4. The van der Waals surface area contributed by atoms with Crippen LogP contribution >= 0.6 is 0 Å². The molecule has 27 aromatic rings. The summed E-state index contributed by atoms with van der Waals surface area (Å²) in [5.74, 6) is 5.35. The summed E-state index contributed by atoms with van der Waals surface area (Å²) < 4.78 is 20.1. The second kappa shape index (κ2) is 36.4. The molecule has 0 amide bonds. The number of nitrogens with zero attached hydrogens (tertiary/aromatic N) is 12. The van der Waals surface area contributed by atoms with E-state index in [4.69, 9.17) is 63.1 Å². The smallest absolute Gasteiger partial charge is 0.164 e. The fraction of sp³-hybridized carbons (Fsp3) is 0. The molecule has 0 aliphatic rings. The van der Waals surface area contributed by atoms with E-state index in [-0.39, 0.29) is 0 Å². The van der Waals surface area contributed by atoms with Gasteiger partial charge in [0, 0.05) is 123 Å². The van der Waals surface area contributed by atoms with E-state index in [1.54, 1.807) is 0 Å². The van der Waals surface area contributed by atoms with E-state index in [0.717, 1.165) is 215 Å². The molecular formula is C126H78N12O3. The van der Waals surface area contributed by atoms with Crippen molar-refractivity contribution < 1.29 is 13.3 Å². The molecule has 0 N–H and O–H groups in total. The zero-order valence-electron chi connectivity index (χ0n) is 75.6. The van der Waals surface area contributed by atoms with Crippen molar-refractivity contribution in [2.24, 2.45) is 0 Å². The fourth-order valence-electron chi connectivity index (χ4n) is 18.7. The number of hydrogen-bond acceptors (Lipinski definition) is 15. The molecule has 0 bridgehead atoms. The van der Waals surface area contributed by atoms with Crippen molar-refractivity contribution in [1.82, 2.24) is 59.8 Å². The van der Waals surface area contributed by atoms with E-state index in [1.165, 1.54) is 0 Å². The highest BCUT2D eigenvalue weighted by Gasteiger charge is 2.28. The molecule has 0 radical (unpaired) electrons. The van der Waals surface area contributed by atoms with Crippen LogP contribution in [0.4, 0.5) is 0 Å². The lowest BCUT2D eigenvalue weighted by molar-refractivity contribution is 0.669. The maximum absolute atomic E-state index is 6.70. The Bertz CT molecular complexity index is 8500. The van der Waals surface area contributed by atoms with Crippen LogP contribution in [-0.4, -0.2) is 59.8 Å². The Labute approximate surface area is 809 Å². The SMILES string of the molecule is c1ccc(-c2ccc(-c3nc(-c4ccccc4)nc(-c4ccc(-c5ccccc5)c5oc6cc7ccccc7nc6c45)n3)cc2)cc1.c1ccc(-c2ccc(-c3nc(-c4ccccc4)nc(-c4ccc(-c5ccccc5)c5oc6cc7cccnc7cc6c45)n3)cc2)cc1.c1ccc(-c2ccc(-c3nc(-c4ccccc4)nc(-c4ccc(-c5ccccc5)c5oc6cc7ccncc7cc6c45)n3)cc2)cc1. The average Bonchev–Trinajstić information content (AvgIpc) is 1.59. The molecule has 0 unspecified atom stereocenters. The van der Waals surface area contributed by atoms with Gasteiger partial charge in [-0.3, -0.25) is 9.97 Å². The molecule has 9 aromatic heterocycles. The summed E-state index contributed by atoms with van der Waals surface area (Å²) in [7, 11) is 0. The monoisotopic (exact) mass is 1810 g/mol. The molecule has 660 valence electrons. The molecule has 0 fully saturated rings. The topological polar surface area (TPSA) is 194 Å². The van der Waals surface area contributed by atoms with Crippen LogP contribution in [0.15, 0.2) is 487 Å². The first-order chi connectivity index (χ1) is 69.8. The number of furan rings is 3. The lowest BCUT2D eigenvalue weighted by Gasteiger charge is -2.11. The minimum absolute atomic E-state index is 0.559. The first kappa shape index (κ1) is 83.4. The molecule has 9 heterocycles. The molecule has 18 aromatic carbocycles. The van der Waals surface area contributed by atoms with Crippen molar-refractivity contribution in [3.63, 3.8) is 0 Å². The molecular weight excluding hydrogens is 1730 g/mol. The Morgan fingerprint density at radius 2 is 0.440 bits per heavy atom. The van der Waals surface area contributed by atoms with Crippen molar-refractivity contribution in [2.75, 3.05) is 0 Å². The predicted molar refractivity (Wildman–Crippen MR) is 569 cm³/mol. The van der Waals surface area contributed by atoms with E-state index < -0.39 is 0 Å². The molecule has 0 aliphatic heterocycles. The molecule has 0 spiro atoms. The van der Waals surface area contributed by atoms with Gasteiger partial charge < -0.3 is 13.3 Å². The molecule has 0 aliphatic carbocycles. The van der Waals surface area contributed by atoms with Crippen LogP contribution in [0.2, 0.25) is 0 Å². The first-order valence-electron chi connectivity index (χ1n) is 46.7. The number of hydrogen-bond donors (Lipinski definition) is 0. The highest BCUT2D eigenvalue weighted by atomic mass is 16.3. The zero-order valence-corrected chi connectivity index (χ0v) is 75.6. The summed E-state index contributed by atoms with van der Waals surface area (Å²) in [6, 6.07) is 155. The third kappa shape index (κ3) is 16.3.